The van der Waals surface area contributed by atoms with Crippen molar-refractivity contribution >= 4 is 11.9 Å². The van der Waals surface area contributed by atoms with E-state index in [1.54, 1.807) is 13.8 Å². The highest BCUT2D eigenvalue weighted by molar-refractivity contribution is 5.85. The van der Waals surface area contributed by atoms with Gasteiger partial charge in [0.15, 0.2) is 12.2 Å². The van der Waals surface area contributed by atoms with Crippen LogP contribution in [0.1, 0.15) is 207 Å². The number of hydrogen-bond donors (Lipinski definition) is 0. The average Bonchev–Trinajstić information content (AvgIpc) is 3.12. The van der Waals surface area contributed by atoms with Crippen molar-refractivity contribution in [3.8, 4) is 0 Å². The van der Waals surface area contributed by atoms with Gasteiger partial charge in [0, 0.05) is 13.2 Å². The summed E-state index contributed by atoms with van der Waals surface area (Å²) in [5.74, 6) is -1.10. The second kappa shape index (κ2) is 40.1. The second-order valence-corrected chi connectivity index (χ2v) is 14.0. The number of esters is 2. The van der Waals surface area contributed by atoms with Gasteiger partial charge < -0.3 is 18.9 Å². The lowest BCUT2D eigenvalue weighted by atomic mass is 10.1. The Balaban J connectivity index is 4.01. The first-order valence-electron chi connectivity index (χ1n) is 21.5. The first kappa shape index (κ1) is 48.3. The molecule has 0 spiro atoms. The molecule has 0 N–H and O–H groups in total. The Morgan fingerprint density at radius 1 is 0.380 bits per heavy atom. The van der Waals surface area contributed by atoms with E-state index in [1.807, 2.05) is 0 Å². The van der Waals surface area contributed by atoms with Crippen LogP contribution in [0, 0.1) is 0 Å². The quantitative estimate of drug-likeness (QED) is 0.0360. The van der Waals surface area contributed by atoms with Crippen LogP contribution in [-0.4, -0.2) is 50.6 Å². The number of carbonyl (C=O) groups excluding carboxylic acids is 2. The molecule has 0 aromatic carbocycles. The van der Waals surface area contributed by atoms with Crippen LogP contribution in [0.3, 0.4) is 0 Å². The molecule has 0 aliphatic heterocycles. The van der Waals surface area contributed by atoms with Gasteiger partial charge in [-0.05, 0) is 78.1 Å². The summed E-state index contributed by atoms with van der Waals surface area (Å²) in [5, 5.41) is 0. The molecule has 0 saturated carbocycles. The lowest BCUT2D eigenvalue weighted by Crippen LogP contribution is -2.45. The molecule has 0 aliphatic carbocycles. The summed E-state index contributed by atoms with van der Waals surface area (Å²) in [4.78, 5) is 25.8. The fourth-order valence-electron chi connectivity index (χ4n) is 6.13. The molecule has 0 fully saturated rings. The van der Waals surface area contributed by atoms with Crippen LogP contribution >= 0.6 is 0 Å². The van der Waals surface area contributed by atoms with Gasteiger partial charge in [0.05, 0.1) is 13.2 Å². The van der Waals surface area contributed by atoms with E-state index in [0.29, 0.717) is 13.2 Å². The first-order valence-corrected chi connectivity index (χ1v) is 21.5. The molecule has 2 unspecified atom stereocenters. The molecule has 0 bridgehead atoms. The monoisotopic (exact) mass is 707 g/mol. The number of unbranched alkanes of at least 4 members (excludes halogenated alkanes) is 24. The van der Waals surface area contributed by atoms with Crippen molar-refractivity contribution in [2.45, 2.75) is 220 Å². The van der Waals surface area contributed by atoms with Crippen LogP contribution in [0.4, 0.5) is 0 Å². The normalized spacial score (nSPS) is 13.0. The van der Waals surface area contributed by atoms with E-state index in [4.69, 9.17) is 18.9 Å². The third-order valence-electron chi connectivity index (χ3n) is 9.23. The van der Waals surface area contributed by atoms with Crippen molar-refractivity contribution in [3.05, 3.63) is 24.3 Å². The smallest absolute Gasteiger partial charge is 0.338 e. The topological polar surface area (TPSA) is 71.1 Å². The summed E-state index contributed by atoms with van der Waals surface area (Å²) < 4.78 is 22.4. The zero-order valence-corrected chi connectivity index (χ0v) is 33.5. The summed E-state index contributed by atoms with van der Waals surface area (Å²) in [7, 11) is 0. The third-order valence-corrected chi connectivity index (χ3v) is 9.23. The summed E-state index contributed by atoms with van der Waals surface area (Å²) in [6.45, 7) is 9.33. The molecule has 0 heterocycles. The maximum atomic E-state index is 12.9. The minimum atomic E-state index is -1.11. The molecular weight excluding hydrogens is 624 g/mol. The predicted octanol–water partition coefficient (Wildman–Crippen LogP) is 13.0. The molecule has 0 aromatic rings. The molecule has 50 heavy (non-hydrogen) atoms. The van der Waals surface area contributed by atoms with Crippen LogP contribution in [0.5, 0.6) is 0 Å². The highest BCUT2D eigenvalue weighted by Gasteiger charge is 2.37. The van der Waals surface area contributed by atoms with E-state index in [2.05, 4.69) is 38.2 Å². The molecule has 0 radical (unpaired) electrons. The van der Waals surface area contributed by atoms with Crippen LogP contribution < -0.4 is 0 Å². The van der Waals surface area contributed by atoms with Crippen molar-refractivity contribution in [2.24, 2.45) is 0 Å². The molecule has 0 saturated heterocycles. The van der Waals surface area contributed by atoms with Gasteiger partial charge in [-0.1, -0.05) is 154 Å². The minimum Gasteiger partial charge on any atom is -0.464 e. The molecule has 6 heteroatoms. The zero-order chi connectivity index (χ0) is 36.6. The fraction of sp³-hybridized carbons (Fsp3) is 0.864. The summed E-state index contributed by atoms with van der Waals surface area (Å²) in [6, 6.07) is 0. The Bertz CT molecular complexity index is 714. The summed E-state index contributed by atoms with van der Waals surface area (Å²) in [5.41, 5.74) is 0. The number of allylic oxidation sites excluding steroid dienone is 4. The molecule has 0 aliphatic rings. The van der Waals surface area contributed by atoms with Crippen LogP contribution in [0.2, 0.25) is 0 Å². The van der Waals surface area contributed by atoms with E-state index in [9.17, 15) is 9.59 Å². The minimum absolute atomic E-state index is 0.278. The number of carbonyl (C=O) groups is 2. The van der Waals surface area contributed by atoms with Gasteiger partial charge in [-0.2, -0.15) is 0 Å². The maximum absolute atomic E-state index is 12.9. The fourth-order valence-corrected chi connectivity index (χ4v) is 6.13. The maximum Gasteiger partial charge on any atom is 0.338 e. The lowest BCUT2D eigenvalue weighted by molar-refractivity contribution is -0.182. The molecule has 6 nitrogen and oxygen atoms in total. The van der Waals surface area contributed by atoms with Gasteiger partial charge >= 0.3 is 11.9 Å². The van der Waals surface area contributed by atoms with E-state index >= 15 is 0 Å². The summed E-state index contributed by atoms with van der Waals surface area (Å²) >= 11 is 0. The van der Waals surface area contributed by atoms with Gasteiger partial charge in [0.2, 0.25) is 0 Å². The molecule has 0 rings (SSSR count). The van der Waals surface area contributed by atoms with Gasteiger partial charge in [-0.15, -0.1) is 0 Å². The molecule has 2 atom stereocenters. The van der Waals surface area contributed by atoms with Gasteiger partial charge in [-0.3, -0.25) is 0 Å². The Morgan fingerprint density at radius 2 is 0.640 bits per heavy atom. The van der Waals surface area contributed by atoms with E-state index < -0.39 is 24.1 Å². The average molecular weight is 707 g/mol. The van der Waals surface area contributed by atoms with E-state index in [-0.39, 0.29) is 13.2 Å². The van der Waals surface area contributed by atoms with Gasteiger partial charge in [-0.25, -0.2) is 9.59 Å². The van der Waals surface area contributed by atoms with Crippen molar-refractivity contribution in [1.82, 2.24) is 0 Å². The number of ether oxygens (including phenoxy) is 4. The van der Waals surface area contributed by atoms with Gasteiger partial charge in [0.1, 0.15) is 0 Å². The zero-order valence-electron chi connectivity index (χ0n) is 33.5. The third kappa shape index (κ3) is 32.3. The Kier molecular flexibility index (Phi) is 38.8. The number of hydrogen-bond acceptors (Lipinski definition) is 6. The van der Waals surface area contributed by atoms with Gasteiger partial charge in [0.25, 0.3) is 0 Å². The highest BCUT2D eigenvalue weighted by Crippen LogP contribution is 2.14. The lowest BCUT2D eigenvalue weighted by Gasteiger charge is -2.24. The Morgan fingerprint density at radius 3 is 0.920 bits per heavy atom. The molecular formula is C44H82O6. The van der Waals surface area contributed by atoms with Crippen molar-refractivity contribution in [3.63, 3.8) is 0 Å². The Hall–Kier alpha value is -1.66. The molecule has 294 valence electrons. The van der Waals surface area contributed by atoms with Crippen LogP contribution in [0.25, 0.3) is 0 Å². The van der Waals surface area contributed by atoms with Crippen LogP contribution in [-0.2, 0) is 28.5 Å². The summed E-state index contributed by atoms with van der Waals surface area (Å²) in [6.07, 6.45) is 41.6. The highest BCUT2D eigenvalue weighted by atomic mass is 16.6. The van der Waals surface area contributed by atoms with Crippen LogP contribution in [0.15, 0.2) is 24.3 Å². The Labute approximate surface area is 310 Å². The second-order valence-electron chi connectivity index (χ2n) is 14.0. The SMILES string of the molecule is CCCCCCCCC=CCCCCCCCCOC(=O)C(OCC)C(OCC)C(=O)OCCCCCCCCC=CCCCCCCCC. The first-order chi connectivity index (χ1) is 24.6. The standard InChI is InChI=1S/C44H82O6/c1-5-9-11-13-15-17-19-21-23-25-27-29-31-33-35-37-39-49-43(45)41(47-7-3)42(48-8-4)44(46)50-40-38-36-34-32-30-28-26-24-22-20-18-16-14-12-10-6-2/h21-24,41-42H,5-20,25-40H2,1-4H3. The number of rotatable bonds is 39. The molecule has 0 amide bonds. The van der Waals surface area contributed by atoms with E-state index in [0.717, 1.165) is 38.5 Å². The van der Waals surface area contributed by atoms with Crippen molar-refractivity contribution in [2.75, 3.05) is 26.4 Å². The largest absolute Gasteiger partial charge is 0.464 e. The van der Waals surface area contributed by atoms with Crippen molar-refractivity contribution < 1.29 is 28.5 Å². The molecule has 0 aromatic heterocycles. The van der Waals surface area contributed by atoms with Crippen molar-refractivity contribution in [1.29, 1.82) is 0 Å². The predicted molar refractivity (Wildman–Crippen MR) is 212 cm³/mol. The van der Waals surface area contributed by atoms with E-state index in [1.165, 1.54) is 141 Å².